The number of fused-ring (bicyclic) bond motifs is 1. The van der Waals surface area contributed by atoms with Crippen molar-refractivity contribution in [2.45, 2.75) is 55.4 Å². The molecule has 0 bridgehead atoms. The third-order valence-electron chi connectivity index (χ3n) is 8.16. The maximum Gasteiger partial charge on any atom is 0.327 e. The summed E-state index contributed by atoms with van der Waals surface area (Å²) in [5, 5.41) is 9.25. The maximum atomic E-state index is 15.2. The summed E-state index contributed by atoms with van der Waals surface area (Å²) >= 11 is 0. The Balaban J connectivity index is 1.15. The van der Waals surface area contributed by atoms with E-state index < -0.39 is 22.0 Å². The van der Waals surface area contributed by atoms with Gasteiger partial charge in [0.05, 0.1) is 10.6 Å². The van der Waals surface area contributed by atoms with Crippen molar-refractivity contribution in [3.8, 4) is 0 Å². The Bertz CT molecular complexity index is 1460. The van der Waals surface area contributed by atoms with Crippen LogP contribution in [0.25, 0.3) is 5.70 Å². The molecule has 0 aliphatic carbocycles. The summed E-state index contributed by atoms with van der Waals surface area (Å²) in [5.41, 5.74) is 9.36. The van der Waals surface area contributed by atoms with E-state index in [9.17, 15) is 13.2 Å². The number of urea groups is 1. The summed E-state index contributed by atoms with van der Waals surface area (Å²) in [6.07, 6.45) is 6.39. The van der Waals surface area contributed by atoms with Crippen LogP contribution in [0, 0.1) is 5.82 Å². The Morgan fingerprint density at radius 3 is 2.44 bits per heavy atom. The highest BCUT2D eigenvalue weighted by molar-refractivity contribution is 7.89. The number of halogens is 1. The van der Waals surface area contributed by atoms with Crippen molar-refractivity contribution in [3.63, 3.8) is 0 Å². The molecule has 12 heteroatoms. The van der Waals surface area contributed by atoms with Crippen molar-refractivity contribution in [1.29, 1.82) is 0 Å². The zero-order valence-corrected chi connectivity index (χ0v) is 23.6. The van der Waals surface area contributed by atoms with Gasteiger partial charge in [-0.1, -0.05) is 12.1 Å². The van der Waals surface area contributed by atoms with E-state index >= 15 is 4.39 Å². The largest absolute Gasteiger partial charge is 0.361 e. The lowest BCUT2D eigenvalue weighted by Crippen LogP contribution is -2.51. The molecule has 41 heavy (non-hydrogen) atoms. The van der Waals surface area contributed by atoms with Gasteiger partial charge in [0, 0.05) is 41.7 Å². The van der Waals surface area contributed by atoms with Gasteiger partial charge in [0.15, 0.2) is 0 Å². The van der Waals surface area contributed by atoms with Crippen LogP contribution in [0.1, 0.15) is 36.8 Å². The molecule has 4 aliphatic heterocycles. The molecule has 1 atom stereocenters. The number of sulfonamides is 1. The third kappa shape index (κ3) is 6.16. The highest BCUT2D eigenvalue weighted by atomic mass is 32.2. The summed E-state index contributed by atoms with van der Waals surface area (Å²) in [5.74, 6) is -0.661. The fourth-order valence-electron chi connectivity index (χ4n) is 5.75. The summed E-state index contributed by atoms with van der Waals surface area (Å²) in [7, 11) is -3.84. The quantitative estimate of drug-likeness (QED) is 0.339. The smallest absolute Gasteiger partial charge is 0.327 e. The molecular weight excluding hydrogens is 545 g/mol. The van der Waals surface area contributed by atoms with Crippen LogP contribution in [0.3, 0.4) is 0 Å². The van der Waals surface area contributed by atoms with E-state index in [1.165, 1.54) is 22.6 Å². The predicted molar refractivity (Wildman–Crippen MR) is 156 cm³/mol. The lowest BCUT2D eigenvalue weighted by atomic mass is 10.1. The Hall–Kier alpha value is -3.29. The summed E-state index contributed by atoms with van der Waals surface area (Å²) in [6.45, 7) is 4.30. The second-order valence-electron chi connectivity index (χ2n) is 11.2. The average molecular weight is 582 g/mol. The molecule has 0 spiro atoms. The van der Waals surface area contributed by atoms with E-state index in [4.69, 9.17) is 5.73 Å². The molecule has 2 aromatic rings. The topological polar surface area (TPSA) is 132 Å². The number of likely N-dealkylation sites (tertiary alicyclic amines) is 1. The van der Waals surface area contributed by atoms with Crippen LogP contribution in [-0.4, -0.2) is 63.8 Å². The lowest BCUT2D eigenvalue weighted by molar-refractivity contribution is 0.205. The summed E-state index contributed by atoms with van der Waals surface area (Å²) in [6, 6.07) is 11.6. The van der Waals surface area contributed by atoms with Crippen LogP contribution in [0.15, 0.2) is 65.2 Å². The van der Waals surface area contributed by atoms with Gasteiger partial charge >= 0.3 is 6.03 Å². The Labute approximate surface area is 239 Å². The summed E-state index contributed by atoms with van der Waals surface area (Å²) < 4.78 is 43.6. The molecule has 2 aromatic carbocycles. The number of piperidine rings is 2. The van der Waals surface area contributed by atoms with E-state index in [-0.39, 0.29) is 22.5 Å². The highest BCUT2D eigenvalue weighted by Gasteiger charge is 2.32. The van der Waals surface area contributed by atoms with Gasteiger partial charge in [-0.3, -0.25) is 9.80 Å². The number of nitrogens with two attached hydrogens (primary N) is 1. The number of rotatable bonds is 7. The molecule has 2 amide bonds. The Morgan fingerprint density at radius 2 is 1.73 bits per heavy atom. The molecule has 2 saturated heterocycles. The molecular formula is C29H36FN7O3S. The molecule has 0 radical (unpaired) electrons. The standard InChI is InChI=1S/C29H36FN7O3S/c30-26-16-24(41(39,40)35-22-7-11-32-12-8-22)5-6-25(26)27-15-20-18-37(29(38)34-28(20)33-27)23-3-1-19(2-4-23)17-36-13-9-21(31)10-14-36/h1-6,15-16,18,21-22,28,32-33,35H,7-14,17,31H2,(H,34,38). The van der Waals surface area contributed by atoms with E-state index in [1.807, 2.05) is 24.3 Å². The first-order chi connectivity index (χ1) is 19.7. The zero-order chi connectivity index (χ0) is 28.6. The number of carbonyl (C=O) groups excluding carboxylic acids is 1. The van der Waals surface area contributed by atoms with Crippen molar-refractivity contribution >= 4 is 27.4 Å². The molecule has 6 N–H and O–H groups in total. The minimum atomic E-state index is -3.84. The highest BCUT2D eigenvalue weighted by Crippen LogP contribution is 2.30. The first-order valence-corrected chi connectivity index (χ1v) is 15.6. The predicted octanol–water partition coefficient (Wildman–Crippen LogP) is 2.16. The van der Waals surface area contributed by atoms with Crippen LogP contribution in [0.5, 0.6) is 0 Å². The molecule has 10 nitrogen and oxygen atoms in total. The number of nitrogens with zero attached hydrogens (tertiary/aromatic N) is 2. The Morgan fingerprint density at radius 1 is 1.00 bits per heavy atom. The molecule has 2 fully saturated rings. The number of carbonyl (C=O) groups is 1. The third-order valence-corrected chi connectivity index (χ3v) is 9.68. The van der Waals surface area contributed by atoms with Crippen molar-refractivity contribution in [1.82, 2.24) is 25.6 Å². The van der Waals surface area contributed by atoms with Crippen LogP contribution in [-0.2, 0) is 16.6 Å². The SMILES string of the molecule is NC1CCN(Cc2ccc(N3C=C4C=C(c5ccc(S(=O)(=O)NC6CCNCC6)cc5F)NC4NC3=O)cc2)CC1. The molecule has 6 rings (SSSR count). The molecule has 218 valence electrons. The van der Waals surface area contributed by atoms with E-state index in [0.29, 0.717) is 24.6 Å². The van der Waals surface area contributed by atoms with Gasteiger partial charge in [0.25, 0.3) is 0 Å². The van der Waals surface area contributed by atoms with Gasteiger partial charge in [0.1, 0.15) is 12.0 Å². The van der Waals surface area contributed by atoms with Gasteiger partial charge in [0.2, 0.25) is 10.0 Å². The van der Waals surface area contributed by atoms with Gasteiger partial charge in [-0.2, -0.15) is 0 Å². The zero-order valence-electron chi connectivity index (χ0n) is 22.8. The maximum absolute atomic E-state index is 15.2. The lowest BCUT2D eigenvalue weighted by Gasteiger charge is -2.30. The van der Waals surface area contributed by atoms with Crippen LogP contribution < -0.4 is 31.3 Å². The number of anilines is 1. The molecule has 0 saturated carbocycles. The van der Waals surface area contributed by atoms with Gasteiger partial charge in [-0.25, -0.2) is 22.3 Å². The van der Waals surface area contributed by atoms with Gasteiger partial charge in [-0.15, -0.1) is 0 Å². The van der Waals surface area contributed by atoms with Crippen molar-refractivity contribution in [2.75, 3.05) is 31.1 Å². The van der Waals surface area contributed by atoms with Crippen molar-refractivity contribution in [3.05, 3.63) is 77.3 Å². The number of hydrogen-bond donors (Lipinski definition) is 5. The van der Waals surface area contributed by atoms with Crippen LogP contribution >= 0.6 is 0 Å². The molecule has 1 unspecified atom stereocenters. The second kappa shape index (κ2) is 11.5. The van der Waals surface area contributed by atoms with Gasteiger partial charge in [-0.05, 0) is 93.8 Å². The normalized spacial score (nSPS) is 22.5. The van der Waals surface area contributed by atoms with Crippen LogP contribution in [0.2, 0.25) is 0 Å². The van der Waals surface area contributed by atoms with Crippen molar-refractivity contribution < 1.29 is 17.6 Å². The first-order valence-electron chi connectivity index (χ1n) is 14.1. The first kappa shape index (κ1) is 27.9. The number of amides is 2. The van der Waals surface area contributed by atoms with Crippen molar-refractivity contribution in [2.24, 2.45) is 5.73 Å². The minimum absolute atomic E-state index is 0.112. The molecule has 4 aliphatic rings. The monoisotopic (exact) mass is 581 g/mol. The van der Waals surface area contributed by atoms with E-state index in [2.05, 4.69) is 25.6 Å². The minimum Gasteiger partial charge on any atom is -0.361 e. The van der Waals surface area contributed by atoms with Gasteiger partial charge < -0.3 is 21.7 Å². The second-order valence-corrected chi connectivity index (χ2v) is 12.9. The number of nitrogens with one attached hydrogen (secondary N) is 4. The fraction of sp³-hybridized carbons (Fsp3) is 0.414. The summed E-state index contributed by atoms with van der Waals surface area (Å²) in [4.78, 5) is 16.7. The number of benzene rings is 2. The van der Waals surface area contributed by atoms with Crippen LogP contribution in [0.4, 0.5) is 14.9 Å². The number of hydrogen-bond acceptors (Lipinski definition) is 7. The molecule has 4 heterocycles. The van der Waals surface area contributed by atoms with E-state index in [1.54, 1.807) is 12.3 Å². The fourth-order valence-corrected chi connectivity index (χ4v) is 7.07. The van der Waals surface area contributed by atoms with E-state index in [0.717, 1.165) is 62.9 Å². The Kier molecular flexibility index (Phi) is 7.84. The molecule has 0 aromatic heterocycles. The average Bonchev–Trinajstić information content (AvgIpc) is 3.37.